The van der Waals surface area contributed by atoms with E-state index in [0.29, 0.717) is 31.9 Å². The van der Waals surface area contributed by atoms with Crippen molar-refractivity contribution in [2.75, 3.05) is 7.11 Å². The topological polar surface area (TPSA) is 69.9 Å². The van der Waals surface area contributed by atoms with Crippen LogP contribution in [0, 0.1) is 0 Å². The Morgan fingerprint density at radius 2 is 1.79 bits per heavy atom. The van der Waals surface area contributed by atoms with Crippen molar-refractivity contribution in [1.29, 1.82) is 0 Å². The highest BCUT2D eigenvalue weighted by atomic mass is 35.5. The van der Waals surface area contributed by atoms with Gasteiger partial charge in [0.15, 0.2) is 0 Å². The number of hydrogen-bond donors (Lipinski definition) is 0. The molecular formula is C25H17ClN4O2S. The highest BCUT2D eigenvalue weighted by Gasteiger charge is 2.16. The Bertz CT molecular complexity index is 1540. The summed E-state index contributed by atoms with van der Waals surface area (Å²) in [6, 6.07) is 22.2. The second-order valence-corrected chi connectivity index (χ2v) is 8.53. The minimum Gasteiger partial charge on any atom is -0.497 e. The van der Waals surface area contributed by atoms with Gasteiger partial charge in [0, 0.05) is 10.6 Å². The molecule has 0 aliphatic carbocycles. The summed E-state index contributed by atoms with van der Waals surface area (Å²) in [5.74, 6) is 1.21. The molecule has 0 atom stereocenters. The summed E-state index contributed by atoms with van der Waals surface area (Å²) in [7, 11) is 1.62. The van der Waals surface area contributed by atoms with Crippen molar-refractivity contribution in [3.8, 4) is 21.5 Å². The van der Waals surface area contributed by atoms with Crippen LogP contribution in [0.5, 0.6) is 5.75 Å². The second kappa shape index (κ2) is 8.97. The molecule has 0 bridgehead atoms. The van der Waals surface area contributed by atoms with E-state index in [0.717, 1.165) is 16.9 Å². The maximum atomic E-state index is 13.4. The van der Waals surface area contributed by atoms with Crippen LogP contribution in [0.4, 0.5) is 0 Å². The van der Waals surface area contributed by atoms with E-state index in [1.54, 1.807) is 19.3 Å². The standard InChI is InChI=1S/C25H17ClN4O2S/c1-32-19-12-10-17(11-13-19)23-28-29-25(33-23)30-22(14-9-16-5-4-6-18(26)15-16)27-21-8-3-2-7-20(21)24(30)31/h2-15H,1H3/b14-9+. The van der Waals surface area contributed by atoms with Gasteiger partial charge in [0.25, 0.3) is 5.56 Å². The number of halogens is 1. The van der Waals surface area contributed by atoms with E-state index in [4.69, 9.17) is 21.3 Å². The molecule has 5 aromatic rings. The Kier molecular flexibility index (Phi) is 5.73. The number of fused-ring (bicyclic) bond motifs is 1. The lowest BCUT2D eigenvalue weighted by molar-refractivity contribution is 0.415. The summed E-state index contributed by atoms with van der Waals surface area (Å²) in [6.07, 6.45) is 3.65. The first-order valence-electron chi connectivity index (χ1n) is 10.1. The fourth-order valence-electron chi connectivity index (χ4n) is 3.38. The molecule has 8 heteroatoms. The Labute approximate surface area is 198 Å². The van der Waals surface area contributed by atoms with Gasteiger partial charge in [-0.15, -0.1) is 10.2 Å². The van der Waals surface area contributed by atoms with E-state index >= 15 is 0 Å². The molecule has 0 fully saturated rings. The molecule has 0 unspecified atom stereocenters. The van der Waals surface area contributed by atoms with Crippen LogP contribution in [0.25, 0.3) is 38.8 Å². The quantitative estimate of drug-likeness (QED) is 0.326. The molecule has 2 aromatic heterocycles. The summed E-state index contributed by atoms with van der Waals surface area (Å²) in [4.78, 5) is 18.2. The molecule has 0 saturated heterocycles. The van der Waals surface area contributed by atoms with E-state index in [1.165, 1.54) is 15.9 Å². The van der Waals surface area contributed by atoms with Crippen molar-refractivity contribution < 1.29 is 4.74 Å². The number of ether oxygens (including phenoxy) is 1. The lowest BCUT2D eigenvalue weighted by Crippen LogP contribution is -2.22. The normalized spacial score (nSPS) is 11.3. The largest absolute Gasteiger partial charge is 0.497 e. The molecule has 0 amide bonds. The van der Waals surface area contributed by atoms with Crippen molar-refractivity contribution in [1.82, 2.24) is 19.7 Å². The number of aromatic nitrogens is 4. The zero-order chi connectivity index (χ0) is 22.8. The molecule has 0 saturated carbocycles. The third-order valence-electron chi connectivity index (χ3n) is 5.02. The van der Waals surface area contributed by atoms with E-state index in [9.17, 15) is 4.79 Å². The van der Waals surface area contributed by atoms with Crippen LogP contribution in [-0.4, -0.2) is 26.9 Å². The van der Waals surface area contributed by atoms with Crippen molar-refractivity contribution in [3.63, 3.8) is 0 Å². The summed E-state index contributed by atoms with van der Waals surface area (Å²) in [5, 5.41) is 10.9. The summed E-state index contributed by atoms with van der Waals surface area (Å²) >= 11 is 7.43. The van der Waals surface area contributed by atoms with Gasteiger partial charge in [0.1, 0.15) is 16.6 Å². The van der Waals surface area contributed by atoms with Crippen LogP contribution in [0.1, 0.15) is 11.4 Å². The highest BCUT2D eigenvalue weighted by Crippen LogP contribution is 2.27. The fourth-order valence-corrected chi connectivity index (χ4v) is 4.44. The van der Waals surface area contributed by atoms with Crippen LogP contribution in [-0.2, 0) is 0 Å². The van der Waals surface area contributed by atoms with Crippen LogP contribution in [0.3, 0.4) is 0 Å². The second-order valence-electron chi connectivity index (χ2n) is 7.13. The molecule has 162 valence electrons. The van der Waals surface area contributed by atoms with Gasteiger partial charge in [0.2, 0.25) is 5.13 Å². The van der Waals surface area contributed by atoms with E-state index in [-0.39, 0.29) is 5.56 Å². The number of hydrogen-bond acceptors (Lipinski definition) is 6. The average molecular weight is 473 g/mol. The first-order chi connectivity index (χ1) is 16.1. The maximum absolute atomic E-state index is 13.4. The van der Waals surface area contributed by atoms with E-state index in [1.807, 2.05) is 72.8 Å². The monoisotopic (exact) mass is 472 g/mol. The smallest absolute Gasteiger partial charge is 0.268 e. The molecule has 0 aliphatic rings. The van der Waals surface area contributed by atoms with Crippen molar-refractivity contribution >= 4 is 46.0 Å². The first-order valence-corrected chi connectivity index (χ1v) is 11.3. The minimum absolute atomic E-state index is 0.205. The molecular weight excluding hydrogens is 456 g/mol. The number of rotatable bonds is 5. The molecule has 0 N–H and O–H groups in total. The van der Waals surface area contributed by atoms with Gasteiger partial charge in [-0.1, -0.05) is 53.3 Å². The zero-order valence-corrected chi connectivity index (χ0v) is 19.0. The molecule has 0 spiro atoms. The van der Waals surface area contributed by atoms with E-state index < -0.39 is 0 Å². The fraction of sp³-hybridized carbons (Fsp3) is 0.0400. The molecule has 5 rings (SSSR count). The summed E-state index contributed by atoms with van der Waals surface area (Å²) in [6.45, 7) is 0. The molecule has 0 radical (unpaired) electrons. The number of nitrogens with zero attached hydrogens (tertiary/aromatic N) is 4. The SMILES string of the molecule is COc1ccc(-c2nnc(-n3c(/C=C/c4cccc(Cl)c4)nc4ccccc4c3=O)s2)cc1. The third kappa shape index (κ3) is 4.28. The van der Waals surface area contributed by atoms with Gasteiger partial charge < -0.3 is 4.74 Å². The maximum Gasteiger partial charge on any atom is 0.268 e. The lowest BCUT2D eigenvalue weighted by atomic mass is 10.2. The Balaban J connectivity index is 1.63. The minimum atomic E-state index is -0.205. The number of benzene rings is 3. The summed E-state index contributed by atoms with van der Waals surface area (Å²) in [5.41, 5.74) is 2.19. The van der Waals surface area contributed by atoms with E-state index in [2.05, 4.69) is 10.2 Å². The first kappa shape index (κ1) is 21.1. The van der Waals surface area contributed by atoms with Gasteiger partial charge in [-0.05, 0) is 60.2 Å². The van der Waals surface area contributed by atoms with Crippen molar-refractivity contribution in [3.05, 3.63) is 99.6 Å². The van der Waals surface area contributed by atoms with Crippen LogP contribution < -0.4 is 10.3 Å². The third-order valence-corrected chi connectivity index (χ3v) is 6.21. The molecule has 6 nitrogen and oxygen atoms in total. The Morgan fingerprint density at radius 3 is 2.58 bits per heavy atom. The van der Waals surface area contributed by atoms with Gasteiger partial charge in [-0.25, -0.2) is 9.55 Å². The van der Waals surface area contributed by atoms with Crippen LogP contribution >= 0.6 is 22.9 Å². The number of methoxy groups -OCH3 is 1. The van der Waals surface area contributed by atoms with Gasteiger partial charge in [0.05, 0.1) is 18.0 Å². The Morgan fingerprint density at radius 1 is 0.970 bits per heavy atom. The predicted octanol–water partition coefficient (Wildman–Crippen LogP) is 5.74. The molecule has 0 aliphatic heterocycles. The number of para-hydroxylation sites is 1. The van der Waals surface area contributed by atoms with Crippen molar-refractivity contribution in [2.45, 2.75) is 0 Å². The van der Waals surface area contributed by atoms with Gasteiger partial charge in [-0.3, -0.25) is 4.79 Å². The van der Waals surface area contributed by atoms with Gasteiger partial charge in [-0.2, -0.15) is 0 Å². The lowest BCUT2D eigenvalue weighted by Gasteiger charge is -2.08. The van der Waals surface area contributed by atoms with Gasteiger partial charge >= 0.3 is 0 Å². The van der Waals surface area contributed by atoms with Crippen molar-refractivity contribution in [2.24, 2.45) is 0 Å². The molecule has 2 heterocycles. The highest BCUT2D eigenvalue weighted by molar-refractivity contribution is 7.17. The molecule has 3 aromatic carbocycles. The average Bonchev–Trinajstić information content (AvgIpc) is 3.33. The van der Waals surface area contributed by atoms with Crippen LogP contribution in [0.15, 0.2) is 77.6 Å². The van der Waals surface area contributed by atoms with Crippen LogP contribution in [0.2, 0.25) is 5.02 Å². The summed E-state index contributed by atoms with van der Waals surface area (Å²) < 4.78 is 6.71. The molecule has 33 heavy (non-hydrogen) atoms. The zero-order valence-electron chi connectivity index (χ0n) is 17.5. The predicted molar refractivity (Wildman–Crippen MR) is 133 cm³/mol. The Hall–Kier alpha value is -3.81.